The van der Waals surface area contributed by atoms with Gasteiger partial charge in [-0.05, 0) is 18.8 Å². The van der Waals surface area contributed by atoms with Crippen LogP contribution in [0.15, 0.2) is 12.2 Å². The fraction of sp³-hybridized carbons (Fsp3) is 0.884. The van der Waals surface area contributed by atoms with Crippen molar-refractivity contribution in [1.82, 2.24) is 0 Å². The van der Waals surface area contributed by atoms with E-state index in [4.69, 9.17) is 7.01 Å². The maximum atomic E-state index is 13.6. The monoisotopic (exact) mass is 742 g/mol. The van der Waals surface area contributed by atoms with Crippen LogP contribution in [0.2, 0.25) is 0 Å². The molecule has 0 atom stereocenters. The van der Waals surface area contributed by atoms with Gasteiger partial charge in [-0.1, -0.05) is 214 Å². The average Bonchev–Trinajstić information content (AvgIpc) is 3.08. The zero-order valence-corrected chi connectivity index (χ0v) is 35.0. The standard InChI is InChI=1S/C43H80O4.H2O.O.Ti/c1-6-8-10-12-14-16-18-20-22-24-26-28-30-32-34-36-40(44)43(38(3)4,39(5)42(46)47)41(45)37-35-33-31-29-27-25-23-21-19-17-15-13-11-9-7-2;;;/h38H,5-37H2,1-4H3,(H,46,47);1H2;;/q;;;+1/p-1. The van der Waals surface area contributed by atoms with Crippen LogP contribution in [0.1, 0.15) is 233 Å². The van der Waals surface area contributed by atoms with Gasteiger partial charge in [0.05, 0.1) is 5.57 Å². The van der Waals surface area contributed by atoms with Crippen LogP contribution in [-0.2, 0) is 37.2 Å². The van der Waals surface area contributed by atoms with Gasteiger partial charge >= 0.3 is 32.5 Å². The molecule has 0 spiro atoms. The first-order chi connectivity index (χ1) is 24.2. The third-order valence-corrected chi connectivity index (χ3v) is 10.5. The number of carboxylic acid groups (broad SMARTS) is 1. The normalized spacial score (nSPS) is 11.2. The average molecular weight is 742 g/mol. The van der Waals surface area contributed by atoms with Crippen molar-refractivity contribution in [2.24, 2.45) is 11.3 Å². The first kappa shape index (κ1) is 51.1. The van der Waals surface area contributed by atoms with E-state index in [0.717, 1.165) is 25.7 Å². The van der Waals surface area contributed by atoms with Gasteiger partial charge in [0.2, 0.25) is 0 Å². The topological polar surface area (TPSA) is 109 Å². The van der Waals surface area contributed by atoms with Crippen molar-refractivity contribution >= 4 is 17.5 Å². The molecule has 0 fully saturated rings. The summed E-state index contributed by atoms with van der Waals surface area (Å²) >= 11 is -1.75. The Morgan fingerprint density at radius 3 is 0.880 bits per heavy atom. The quantitative estimate of drug-likeness (QED) is 0.0284. The number of unbranched alkanes of at least 4 members (excludes halogenated alkanes) is 28. The predicted octanol–water partition coefficient (Wildman–Crippen LogP) is 13.3. The van der Waals surface area contributed by atoms with Crippen molar-refractivity contribution in [2.45, 2.75) is 233 Å². The molecule has 50 heavy (non-hydrogen) atoms. The van der Waals surface area contributed by atoms with Gasteiger partial charge in [0.25, 0.3) is 0 Å². The van der Waals surface area contributed by atoms with Gasteiger partial charge in [0, 0.05) is 12.8 Å². The molecule has 0 aliphatic rings. The Morgan fingerprint density at radius 1 is 0.500 bits per heavy atom. The van der Waals surface area contributed by atoms with E-state index in [0.29, 0.717) is 12.8 Å². The summed E-state index contributed by atoms with van der Waals surface area (Å²) in [7, 11) is 0. The third kappa shape index (κ3) is 26.7. The van der Waals surface area contributed by atoms with Crippen LogP contribution in [0.25, 0.3) is 0 Å². The van der Waals surface area contributed by atoms with Gasteiger partial charge in [-0.3, -0.25) is 9.59 Å². The van der Waals surface area contributed by atoms with Gasteiger partial charge in [-0.25, -0.2) is 4.79 Å². The molecule has 0 amide bonds. The summed E-state index contributed by atoms with van der Waals surface area (Å²) in [6.07, 6.45) is 38.0. The van der Waals surface area contributed by atoms with Crippen LogP contribution in [0.3, 0.4) is 0 Å². The Balaban J connectivity index is 0. The molecule has 0 bridgehead atoms. The SMILES string of the molecule is C=C(C(=O)O)C(C(=O)CCCCCCCCCCCCCCCCC)(C(=O)CCCCCCCCCCCCCCCCC)C(C)C.[O]=[Ti][OH]. The van der Waals surface area contributed by atoms with Crippen molar-refractivity contribution in [2.75, 3.05) is 0 Å². The van der Waals surface area contributed by atoms with Crippen molar-refractivity contribution in [3.05, 3.63) is 12.2 Å². The molecule has 2 N–H and O–H groups in total. The minimum atomic E-state index is -1.75. The zero-order valence-electron chi connectivity index (χ0n) is 33.4. The fourth-order valence-corrected chi connectivity index (χ4v) is 7.36. The number of carbonyl (C=O) groups is 3. The van der Waals surface area contributed by atoms with E-state index >= 15 is 0 Å². The summed E-state index contributed by atoms with van der Waals surface area (Å²) in [5.41, 5.74) is -1.83. The van der Waals surface area contributed by atoms with E-state index in [9.17, 15) is 19.5 Å². The van der Waals surface area contributed by atoms with E-state index in [1.54, 1.807) is 0 Å². The second-order valence-electron chi connectivity index (χ2n) is 15.1. The third-order valence-electron chi connectivity index (χ3n) is 10.5. The molecule has 6 nitrogen and oxygen atoms in total. The Hall–Kier alpha value is -0.976. The van der Waals surface area contributed by atoms with E-state index < -0.39 is 36.8 Å². The maximum absolute atomic E-state index is 13.6. The van der Waals surface area contributed by atoms with Crippen molar-refractivity contribution in [3.63, 3.8) is 0 Å². The number of carbonyl (C=O) groups excluding carboxylic acids is 2. The predicted molar refractivity (Wildman–Crippen MR) is 206 cm³/mol. The number of aliphatic carboxylic acids is 1. The number of hydrogen-bond donors (Lipinski definition) is 2. The molecule has 0 rings (SSSR count). The van der Waals surface area contributed by atoms with Gasteiger partial charge < -0.3 is 5.11 Å². The second-order valence-corrected chi connectivity index (χ2v) is 15.4. The summed E-state index contributed by atoms with van der Waals surface area (Å²) in [5.74, 6) is -2.12. The molecule has 0 saturated carbocycles. The van der Waals surface area contributed by atoms with Gasteiger partial charge in [-0.15, -0.1) is 0 Å². The van der Waals surface area contributed by atoms with Gasteiger partial charge in [0.15, 0.2) is 11.6 Å². The summed E-state index contributed by atoms with van der Waals surface area (Å²) in [6.45, 7) is 11.9. The van der Waals surface area contributed by atoms with Crippen LogP contribution >= 0.6 is 0 Å². The van der Waals surface area contributed by atoms with Crippen molar-refractivity contribution < 1.29 is 46.0 Å². The molecule has 0 radical (unpaired) electrons. The van der Waals surface area contributed by atoms with Crippen LogP contribution in [0.4, 0.5) is 0 Å². The summed E-state index contributed by atoms with van der Waals surface area (Å²) in [6, 6.07) is 0. The molecular formula is C43H81O6Ti. The Bertz CT molecular complexity index is 793. The molecule has 0 aliphatic carbocycles. The molecule has 0 aliphatic heterocycles. The van der Waals surface area contributed by atoms with E-state index in [2.05, 4.69) is 20.4 Å². The first-order valence-electron chi connectivity index (χ1n) is 21.2. The zero-order chi connectivity index (χ0) is 37.7. The van der Waals surface area contributed by atoms with Gasteiger partial charge in [-0.2, -0.15) is 0 Å². The molecule has 0 aromatic heterocycles. The van der Waals surface area contributed by atoms with Crippen molar-refractivity contribution in [3.8, 4) is 0 Å². The molecular weight excluding hydrogens is 660 g/mol. The van der Waals surface area contributed by atoms with E-state index in [-0.39, 0.29) is 30.0 Å². The van der Waals surface area contributed by atoms with Crippen LogP contribution in [0, 0.1) is 11.3 Å². The summed E-state index contributed by atoms with van der Waals surface area (Å²) < 4.78 is 15.8. The van der Waals surface area contributed by atoms with E-state index in [1.165, 1.54) is 154 Å². The summed E-state index contributed by atoms with van der Waals surface area (Å²) in [4.78, 5) is 39.4. The molecule has 0 aromatic carbocycles. The second kappa shape index (κ2) is 37.8. The van der Waals surface area contributed by atoms with Crippen molar-refractivity contribution in [1.29, 1.82) is 0 Å². The molecule has 0 saturated heterocycles. The number of ketones is 2. The first-order valence-corrected chi connectivity index (χ1v) is 22.5. The number of carboxylic acids is 1. The Morgan fingerprint density at radius 2 is 0.700 bits per heavy atom. The molecule has 0 heterocycles. The van der Waals surface area contributed by atoms with Crippen LogP contribution in [-0.4, -0.2) is 26.3 Å². The fourth-order valence-electron chi connectivity index (χ4n) is 7.36. The van der Waals surface area contributed by atoms with Gasteiger partial charge in [0.1, 0.15) is 5.41 Å². The minimum absolute atomic E-state index is 0.232. The summed E-state index contributed by atoms with van der Waals surface area (Å²) in [5, 5.41) is 9.87. The Labute approximate surface area is 318 Å². The molecule has 0 aromatic rings. The number of Topliss-reactive ketones (excluding diaryl/α,β-unsaturated/α-hetero) is 2. The van der Waals surface area contributed by atoms with E-state index in [1.807, 2.05) is 13.8 Å². The van der Waals surface area contributed by atoms with Crippen LogP contribution < -0.4 is 0 Å². The number of rotatable bonds is 37. The Kier molecular flexibility index (Phi) is 38.6. The number of hydrogen-bond acceptors (Lipinski definition) is 4. The molecule has 0 unspecified atom stereocenters. The molecule has 7 heteroatoms. The molecule has 293 valence electrons. The van der Waals surface area contributed by atoms with Crippen LogP contribution in [0.5, 0.6) is 0 Å².